The van der Waals surface area contributed by atoms with Crippen molar-refractivity contribution in [2.24, 2.45) is 0 Å². The molecule has 0 radical (unpaired) electrons. The molecular weight excluding hydrogens is 172 g/mol. The van der Waals surface area contributed by atoms with Crippen molar-refractivity contribution in [1.82, 2.24) is 9.97 Å². The van der Waals surface area contributed by atoms with Crippen molar-refractivity contribution < 1.29 is 9.90 Å². The molecule has 0 bridgehead atoms. The first kappa shape index (κ1) is 9.44. The van der Waals surface area contributed by atoms with Crippen LogP contribution >= 0.6 is 0 Å². The monoisotopic (exact) mass is 181 g/mol. The van der Waals surface area contributed by atoms with Gasteiger partial charge in [-0.15, -0.1) is 0 Å². The SMILES string of the molecule is CCc1nc(=O)[nH]c(C)c1C(=O)[O-]. The highest BCUT2D eigenvalue weighted by atomic mass is 16.4. The fraction of sp³-hybridized carbons (Fsp3) is 0.375. The maximum Gasteiger partial charge on any atom is 0.345 e. The van der Waals surface area contributed by atoms with Crippen LogP contribution in [0.4, 0.5) is 0 Å². The van der Waals surface area contributed by atoms with Crippen molar-refractivity contribution in [2.75, 3.05) is 0 Å². The number of carboxylic acid groups (broad SMARTS) is 1. The number of H-pyrrole nitrogens is 1. The van der Waals surface area contributed by atoms with Crippen molar-refractivity contribution in [3.8, 4) is 0 Å². The largest absolute Gasteiger partial charge is 0.545 e. The Morgan fingerprint density at radius 2 is 2.23 bits per heavy atom. The average molecular weight is 181 g/mol. The highest BCUT2D eigenvalue weighted by Crippen LogP contribution is 2.06. The second-order valence-corrected chi connectivity index (χ2v) is 2.63. The lowest BCUT2D eigenvalue weighted by atomic mass is 10.1. The molecule has 1 aromatic heterocycles. The van der Waals surface area contributed by atoms with Crippen LogP contribution in [0.25, 0.3) is 0 Å². The molecule has 1 aromatic rings. The first-order chi connectivity index (χ1) is 6.06. The molecule has 0 atom stereocenters. The maximum absolute atomic E-state index is 10.9. The fourth-order valence-corrected chi connectivity index (χ4v) is 1.17. The normalized spacial score (nSPS) is 10.0. The summed E-state index contributed by atoms with van der Waals surface area (Å²) >= 11 is 0. The zero-order chi connectivity index (χ0) is 10.0. The molecule has 0 spiro atoms. The summed E-state index contributed by atoms with van der Waals surface area (Å²) in [5, 5.41) is 10.6. The van der Waals surface area contributed by atoms with Gasteiger partial charge >= 0.3 is 5.69 Å². The van der Waals surface area contributed by atoms with Gasteiger partial charge in [-0.25, -0.2) is 4.79 Å². The van der Waals surface area contributed by atoms with E-state index in [0.717, 1.165) is 0 Å². The zero-order valence-corrected chi connectivity index (χ0v) is 7.38. The minimum Gasteiger partial charge on any atom is -0.545 e. The third-order valence-electron chi connectivity index (χ3n) is 1.73. The quantitative estimate of drug-likeness (QED) is 0.634. The first-order valence-electron chi connectivity index (χ1n) is 3.87. The Morgan fingerprint density at radius 3 is 2.69 bits per heavy atom. The van der Waals surface area contributed by atoms with Crippen LogP contribution in [0, 0.1) is 6.92 Å². The molecule has 13 heavy (non-hydrogen) atoms. The van der Waals surface area contributed by atoms with E-state index in [9.17, 15) is 14.7 Å². The van der Waals surface area contributed by atoms with Gasteiger partial charge in [-0.3, -0.25) is 0 Å². The standard InChI is InChI=1S/C8H10N2O3/c1-3-5-6(7(11)12)4(2)9-8(13)10-5/h3H2,1-2H3,(H,11,12)(H,9,10,13)/p-1. The molecule has 0 aliphatic carbocycles. The number of nitrogens with one attached hydrogen (secondary N) is 1. The molecule has 0 saturated carbocycles. The number of aromatic amines is 1. The Bertz CT molecular complexity index is 395. The van der Waals surface area contributed by atoms with Crippen LogP contribution in [-0.4, -0.2) is 15.9 Å². The number of carboxylic acids is 1. The van der Waals surface area contributed by atoms with Gasteiger partial charge in [0.25, 0.3) is 0 Å². The number of hydrogen-bond acceptors (Lipinski definition) is 4. The van der Waals surface area contributed by atoms with Crippen molar-refractivity contribution in [2.45, 2.75) is 20.3 Å². The fourth-order valence-electron chi connectivity index (χ4n) is 1.17. The molecule has 0 aliphatic rings. The van der Waals surface area contributed by atoms with Crippen LogP contribution in [0.2, 0.25) is 0 Å². The van der Waals surface area contributed by atoms with E-state index in [4.69, 9.17) is 0 Å². The number of aromatic carboxylic acids is 1. The van der Waals surface area contributed by atoms with Gasteiger partial charge in [-0.05, 0) is 13.3 Å². The third kappa shape index (κ3) is 1.74. The number of nitrogens with zero attached hydrogens (tertiary/aromatic N) is 1. The van der Waals surface area contributed by atoms with E-state index in [1.165, 1.54) is 6.92 Å². The number of carbonyl (C=O) groups excluding carboxylic acids is 1. The predicted octanol–water partition coefficient (Wildman–Crippen LogP) is -0.996. The minimum absolute atomic E-state index is 0.0119. The molecule has 5 nitrogen and oxygen atoms in total. The lowest BCUT2D eigenvalue weighted by Gasteiger charge is -2.09. The Hall–Kier alpha value is -1.65. The smallest absolute Gasteiger partial charge is 0.345 e. The second kappa shape index (κ2) is 3.38. The Morgan fingerprint density at radius 1 is 1.62 bits per heavy atom. The van der Waals surface area contributed by atoms with E-state index in [2.05, 4.69) is 9.97 Å². The zero-order valence-electron chi connectivity index (χ0n) is 7.38. The van der Waals surface area contributed by atoms with Crippen LogP contribution < -0.4 is 10.8 Å². The van der Waals surface area contributed by atoms with E-state index in [-0.39, 0.29) is 17.0 Å². The van der Waals surface area contributed by atoms with Gasteiger partial charge in [0.1, 0.15) is 0 Å². The van der Waals surface area contributed by atoms with Gasteiger partial charge in [0.15, 0.2) is 0 Å². The van der Waals surface area contributed by atoms with Gasteiger partial charge in [-0.2, -0.15) is 4.98 Å². The molecule has 0 amide bonds. The Kier molecular flexibility index (Phi) is 2.46. The molecule has 0 unspecified atom stereocenters. The van der Waals surface area contributed by atoms with E-state index in [1.54, 1.807) is 6.92 Å². The summed E-state index contributed by atoms with van der Waals surface area (Å²) in [5.41, 5.74) is 0.0135. The van der Waals surface area contributed by atoms with E-state index in [1.807, 2.05) is 0 Å². The van der Waals surface area contributed by atoms with Crippen molar-refractivity contribution >= 4 is 5.97 Å². The number of hydrogen-bond donors (Lipinski definition) is 1. The predicted molar refractivity (Wildman–Crippen MR) is 43.3 cm³/mol. The molecule has 1 heterocycles. The molecule has 0 aliphatic heterocycles. The summed E-state index contributed by atoms with van der Waals surface area (Å²) in [7, 11) is 0. The van der Waals surface area contributed by atoms with Crippen LogP contribution in [-0.2, 0) is 6.42 Å². The molecule has 70 valence electrons. The first-order valence-corrected chi connectivity index (χ1v) is 3.87. The number of carbonyl (C=O) groups is 1. The lowest BCUT2D eigenvalue weighted by Crippen LogP contribution is -2.29. The molecule has 1 rings (SSSR count). The van der Waals surface area contributed by atoms with E-state index in [0.29, 0.717) is 6.42 Å². The van der Waals surface area contributed by atoms with Crippen LogP contribution in [0.1, 0.15) is 28.7 Å². The summed E-state index contributed by atoms with van der Waals surface area (Å²) < 4.78 is 0. The highest BCUT2D eigenvalue weighted by molar-refractivity contribution is 5.88. The Labute approximate surface area is 74.4 Å². The third-order valence-corrected chi connectivity index (χ3v) is 1.73. The van der Waals surface area contributed by atoms with Crippen molar-refractivity contribution in [3.63, 3.8) is 0 Å². The van der Waals surface area contributed by atoms with Gasteiger partial charge in [0.2, 0.25) is 0 Å². The van der Waals surface area contributed by atoms with Crippen molar-refractivity contribution in [1.29, 1.82) is 0 Å². The summed E-state index contributed by atoms with van der Waals surface area (Å²) in [5.74, 6) is -1.31. The maximum atomic E-state index is 10.9. The average Bonchev–Trinajstić information content (AvgIpc) is 2.01. The number of rotatable bonds is 2. The van der Waals surface area contributed by atoms with Crippen LogP contribution in [0.3, 0.4) is 0 Å². The molecule has 1 N–H and O–H groups in total. The van der Waals surface area contributed by atoms with Gasteiger partial charge in [0.05, 0.1) is 11.7 Å². The van der Waals surface area contributed by atoms with Crippen molar-refractivity contribution in [3.05, 3.63) is 27.4 Å². The molecule has 5 heteroatoms. The second-order valence-electron chi connectivity index (χ2n) is 2.63. The summed E-state index contributed by atoms with van der Waals surface area (Å²) in [6.45, 7) is 3.24. The van der Waals surface area contributed by atoms with Gasteiger partial charge < -0.3 is 14.9 Å². The lowest BCUT2D eigenvalue weighted by molar-refractivity contribution is -0.255. The summed E-state index contributed by atoms with van der Waals surface area (Å²) in [6.07, 6.45) is 0.397. The van der Waals surface area contributed by atoms with Gasteiger partial charge in [0, 0.05) is 11.3 Å². The molecular formula is C8H9N2O3-. The number of aromatic nitrogens is 2. The topological polar surface area (TPSA) is 85.9 Å². The molecule has 0 saturated heterocycles. The van der Waals surface area contributed by atoms with Crippen LogP contribution in [0.5, 0.6) is 0 Å². The molecule has 0 fully saturated rings. The van der Waals surface area contributed by atoms with E-state index < -0.39 is 11.7 Å². The highest BCUT2D eigenvalue weighted by Gasteiger charge is 2.08. The van der Waals surface area contributed by atoms with Gasteiger partial charge in [-0.1, -0.05) is 6.92 Å². The molecule has 0 aromatic carbocycles. The minimum atomic E-state index is -1.31. The summed E-state index contributed by atoms with van der Waals surface area (Å²) in [4.78, 5) is 27.4. The van der Waals surface area contributed by atoms with E-state index >= 15 is 0 Å². The Balaban J connectivity index is 3.47. The number of aryl methyl sites for hydroxylation is 2. The van der Waals surface area contributed by atoms with Crippen LogP contribution in [0.15, 0.2) is 4.79 Å². The summed E-state index contributed by atoms with van der Waals surface area (Å²) in [6, 6.07) is 0.